The van der Waals surface area contributed by atoms with Crippen LogP contribution in [-0.2, 0) is 6.42 Å². The zero-order valence-corrected chi connectivity index (χ0v) is 14.4. The summed E-state index contributed by atoms with van der Waals surface area (Å²) in [4.78, 5) is 5.15. The molecule has 0 saturated carbocycles. The molecular weight excluding hydrogens is 340 g/mol. The van der Waals surface area contributed by atoms with Gasteiger partial charge in [0, 0.05) is 22.3 Å². The first kappa shape index (κ1) is 15.2. The molecule has 0 radical (unpaired) electrons. The fourth-order valence-corrected chi connectivity index (χ4v) is 4.58. The molecule has 19 heavy (non-hydrogen) atoms. The number of rotatable bonds is 6. The Kier molecular flexibility index (Phi) is 5.59. The third kappa shape index (κ3) is 3.89. The van der Waals surface area contributed by atoms with E-state index in [4.69, 9.17) is 5.73 Å². The first-order valence-corrected chi connectivity index (χ1v) is 8.80. The van der Waals surface area contributed by atoms with Crippen molar-refractivity contribution in [1.82, 2.24) is 4.90 Å². The molecule has 0 aliphatic heterocycles. The predicted octanol–water partition coefficient (Wildman–Crippen LogP) is 4.13. The Morgan fingerprint density at radius 1 is 1.37 bits per heavy atom. The second-order valence-electron chi connectivity index (χ2n) is 4.69. The van der Waals surface area contributed by atoms with Crippen LogP contribution in [0.3, 0.4) is 0 Å². The zero-order valence-electron chi connectivity index (χ0n) is 11.2. The summed E-state index contributed by atoms with van der Waals surface area (Å²) in [7, 11) is 2.17. The van der Waals surface area contributed by atoms with E-state index in [0.29, 0.717) is 18.6 Å². The average Bonchev–Trinajstić information content (AvgIpc) is 3.02. The van der Waals surface area contributed by atoms with Crippen molar-refractivity contribution in [1.29, 1.82) is 0 Å². The van der Waals surface area contributed by atoms with Crippen LogP contribution in [0.2, 0.25) is 0 Å². The minimum atomic E-state index is 0.297. The van der Waals surface area contributed by atoms with Gasteiger partial charge in [0.25, 0.3) is 0 Å². The van der Waals surface area contributed by atoms with E-state index in [2.05, 4.69) is 64.4 Å². The molecule has 0 fully saturated rings. The van der Waals surface area contributed by atoms with Gasteiger partial charge in [-0.1, -0.05) is 6.07 Å². The highest BCUT2D eigenvalue weighted by atomic mass is 79.9. The minimum Gasteiger partial charge on any atom is -0.329 e. The molecule has 0 bridgehead atoms. The van der Waals surface area contributed by atoms with Gasteiger partial charge >= 0.3 is 0 Å². The molecule has 0 saturated heterocycles. The molecule has 2 N–H and O–H groups in total. The summed E-state index contributed by atoms with van der Waals surface area (Å²) in [5.74, 6) is 0. The Hall–Kier alpha value is -0.200. The zero-order chi connectivity index (χ0) is 13.8. The fraction of sp³-hybridized carbons (Fsp3) is 0.429. The molecule has 0 spiro atoms. The molecule has 0 aromatic carbocycles. The normalized spacial score (nSPS) is 14.8. The van der Waals surface area contributed by atoms with Crippen LogP contribution in [-0.4, -0.2) is 24.5 Å². The van der Waals surface area contributed by atoms with Gasteiger partial charge in [-0.3, -0.25) is 4.90 Å². The van der Waals surface area contributed by atoms with Crippen LogP contribution in [0, 0.1) is 0 Å². The van der Waals surface area contributed by atoms with Crippen molar-refractivity contribution in [2.24, 2.45) is 5.73 Å². The number of halogens is 1. The van der Waals surface area contributed by atoms with Crippen molar-refractivity contribution >= 4 is 38.6 Å². The first-order chi connectivity index (χ1) is 9.11. The number of hydrogen-bond donors (Lipinski definition) is 1. The number of likely N-dealkylation sites (N-methyl/N-ethyl adjacent to an activating group) is 1. The fourth-order valence-electron chi connectivity index (χ4n) is 2.16. The quantitative estimate of drug-likeness (QED) is 0.840. The molecule has 104 valence electrons. The maximum absolute atomic E-state index is 5.98. The van der Waals surface area contributed by atoms with Crippen molar-refractivity contribution in [2.75, 3.05) is 13.6 Å². The third-order valence-corrected chi connectivity index (χ3v) is 6.03. The largest absolute Gasteiger partial charge is 0.329 e. The number of nitrogens with zero attached hydrogens (tertiary/aromatic N) is 1. The van der Waals surface area contributed by atoms with Gasteiger partial charge in [0.1, 0.15) is 0 Å². The molecule has 2 heterocycles. The molecule has 0 aliphatic carbocycles. The maximum atomic E-state index is 5.98. The van der Waals surface area contributed by atoms with E-state index in [-0.39, 0.29) is 0 Å². The van der Waals surface area contributed by atoms with E-state index in [1.165, 1.54) is 13.5 Å². The highest BCUT2D eigenvalue weighted by molar-refractivity contribution is 9.11. The molecule has 2 aromatic rings. The first-order valence-electron chi connectivity index (χ1n) is 6.31. The van der Waals surface area contributed by atoms with Gasteiger partial charge in [-0.05, 0) is 59.9 Å². The number of hydrogen-bond acceptors (Lipinski definition) is 4. The summed E-state index contributed by atoms with van der Waals surface area (Å²) in [6.07, 6.45) is 1.08. The van der Waals surface area contributed by atoms with Gasteiger partial charge in [0.15, 0.2) is 0 Å². The van der Waals surface area contributed by atoms with E-state index in [1.807, 2.05) is 11.3 Å². The SMILES string of the molecule is CC(Cc1cccs1)N(C)C(CN)c1ccc(Br)s1. The second kappa shape index (κ2) is 6.99. The van der Waals surface area contributed by atoms with Gasteiger partial charge in [0.2, 0.25) is 0 Å². The summed E-state index contributed by atoms with van der Waals surface area (Å²) in [6, 6.07) is 9.36. The van der Waals surface area contributed by atoms with Crippen molar-refractivity contribution < 1.29 is 0 Å². The van der Waals surface area contributed by atoms with Crippen molar-refractivity contribution in [3.63, 3.8) is 0 Å². The molecule has 2 aromatic heterocycles. The lowest BCUT2D eigenvalue weighted by molar-refractivity contribution is 0.191. The Labute approximate surface area is 131 Å². The smallest absolute Gasteiger partial charge is 0.0702 e. The Bertz CT molecular complexity index is 495. The average molecular weight is 359 g/mol. The lowest BCUT2D eigenvalue weighted by Gasteiger charge is -2.31. The summed E-state index contributed by atoms with van der Waals surface area (Å²) >= 11 is 7.12. The number of nitrogens with two attached hydrogens (primary N) is 1. The van der Waals surface area contributed by atoms with E-state index in [0.717, 1.165) is 6.42 Å². The minimum absolute atomic E-state index is 0.297. The van der Waals surface area contributed by atoms with E-state index in [1.54, 1.807) is 11.3 Å². The van der Waals surface area contributed by atoms with Gasteiger partial charge in [0.05, 0.1) is 9.83 Å². The van der Waals surface area contributed by atoms with Crippen LogP contribution in [0.15, 0.2) is 33.4 Å². The molecule has 2 atom stereocenters. The van der Waals surface area contributed by atoms with E-state index >= 15 is 0 Å². The highest BCUT2D eigenvalue weighted by Crippen LogP contribution is 2.31. The highest BCUT2D eigenvalue weighted by Gasteiger charge is 2.22. The van der Waals surface area contributed by atoms with Gasteiger partial charge in [-0.25, -0.2) is 0 Å². The third-order valence-electron chi connectivity index (χ3n) is 3.41. The monoisotopic (exact) mass is 358 g/mol. The molecular formula is C14H19BrN2S2. The van der Waals surface area contributed by atoms with Crippen molar-refractivity contribution in [3.05, 3.63) is 43.2 Å². The Morgan fingerprint density at radius 3 is 2.68 bits per heavy atom. The second-order valence-corrected chi connectivity index (χ2v) is 8.22. The van der Waals surface area contributed by atoms with Crippen LogP contribution in [0.4, 0.5) is 0 Å². The molecule has 2 rings (SSSR count). The molecule has 5 heteroatoms. The molecule has 2 unspecified atom stereocenters. The Balaban J connectivity index is 2.05. The van der Waals surface area contributed by atoms with Crippen molar-refractivity contribution in [3.8, 4) is 0 Å². The lowest BCUT2D eigenvalue weighted by atomic mass is 10.1. The summed E-state index contributed by atoms with van der Waals surface area (Å²) < 4.78 is 1.17. The number of thiophene rings is 2. The molecule has 0 aliphatic rings. The van der Waals surface area contributed by atoms with Crippen molar-refractivity contribution in [2.45, 2.75) is 25.4 Å². The predicted molar refractivity (Wildman–Crippen MR) is 89.1 cm³/mol. The topological polar surface area (TPSA) is 29.3 Å². The van der Waals surface area contributed by atoms with Gasteiger partial charge < -0.3 is 5.73 Å². The summed E-state index contributed by atoms with van der Waals surface area (Å²) in [6.45, 7) is 2.92. The van der Waals surface area contributed by atoms with E-state index < -0.39 is 0 Å². The van der Waals surface area contributed by atoms with Crippen LogP contribution >= 0.6 is 38.6 Å². The lowest BCUT2D eigenvalue weighted by Crippen LogP contribution is -2.37. The van der Waals surface area contributed by atoms with Crippen LogP contribution in [0.25, 0.3) is 0 Å². The standard InChI is InChI=1S/C14H19BrN2S2/c1-10(8-11-4-3-7-18-11)17(2)12(9-16)13-5-6-14(15)19-13/h3-7,10,12H,8-9,16H2,1-2H3. The van der Waals surface area contributed by atoms with Crippen LogP contribution in [0.1, 0.15) is 22.7 Å². The van der Waals surface area contributed by atoms with E-state index in [9.17, 15) is 0 Å². The van der Waals surface area contributed by atoms with Gasteiger partial charge in [-0.2, -0.15) is 0 Å². The van der Waals surface area contributed by atoms with Crippen LogP contribution in [0.5, 0.6) is 0 Å². The molecule has 2 nitrogen and oxygen atoms in total. The summed E-state index contributed by atoms with van der Waals surface area (Å²) in [5.41, 5.74) is 5.98. The van der Waals surface area contributed by atoms with Gasteiger partial charge in [-0.15, -0.1) is 22.7 Å². The Morgan fingerprint density at radius 2 is 2.16 bits per heavy atom. The van der Waals surface area contributed by atoms with Crippen LogP contribution < -0.4 is 5.73 Å². The maximum Gasteiger partial charge on any atom is 0.0702 e. The summed E-state index contributed by atoms with van der Waals surface area (Å²) in [5, 5.41) is 2.14. The molecule has 0 amide bonds.